The standard InChI is InChI=1S/C15H14ClN3S/c1-10-4-2-5-12(16)14(10)17-8-11-9-18-19-15(11)13-6-3-7-20-13/h2-7,9,17H,8H2,1H3,(H,18,19). The van der Waals surface area contributed by atoms with Crippen molar-refractivity contribution in [2.45, 2.75) is 13.5 Å². The molecule has 0 saturated heterocycles. The molecule has 3 nitrogen and oxygen atoms in total. The minimum atomic E-state index is 0.689. The Hall–Kier alpha value is -1.78. The molecule has 0 saturated carbocycles. The van der Waals surface area contributed by atoms with Crippen LogP contribution in [0.1, 0.15) is 11.1 Å². The van der Waals surface area contributed by atoms with Crippen LogP contribution in [0.4, 0.5) is 5.69 Å². The van der Waals surface area contributed by atoms with Gasteiger partial charge in [-0.15, -0.1) is 11.3 Å². The van der Waals surface area contributed by atoms with Gasteiger partial charge in [0.2, 0.25) is 0 Å². The molecule has 0 spiro atoms. The van der Waals surface area contributed by atoms with Crippen LogP contribution in [-0.2, 0) is 6.54 Å². The molecule has 0 fully saturated rings. The quantitative estimate of drug-likeness (QED) is 0.732. The van der Waals surface area contributed by atoms with Crippen molar-refractivity contribution in [1.29, 1.82) is 0 Å². The van der Waals surface area contributed by atoms with Crippen molar-refractivity contribution >= 4 is 28.6 Å². The van der Waals surface area contributed by atoms with E-state index in [4.69, 9.17) is 11.6 Å². The van der Waals surface area contributed by atoms with Crippen LogP contribution < -0.4 is 5.32 Å². The zero-order chi connectivity index (χ0) is 13.9. The van der Waals surface area contributed by atoms with Crippen molar-refractivity contribution in [3.63, 3.8) is 0 Å². The van der Waals surface area contributed by atoms with E-state index in [1.54, 1.807) is 11.3 Å². The predicted molar refractivity (Wildman–Crippen MR) is 85.4 cm³/mol. The number of nitrogens with zero attached hydrogens (tertiary/aromatic N) is 1. The van der Waals surface area contributed by atoms with Gasteiger partial charge in [-0.2, -0.15) is 5.10 Å². The molecule has 0 unspecified atom stereocenters. The number of nitrogens with one attached hydrogen (secondary N) is 2. The topological polar surface area (TPSA) is 40.7 Å². The van der Waals surface area contributed by atoms with E-state index in [1.807, 2.05) is 37.4 Å². The van der Waals surface area contributed by atoms with Gasteiger partial charge >= 0.3 is 0 Å². The van der Waals surface area contributed by atoms with Gasteiger partial charge in [0.25, 0.3) is 0 Å². The highest BCUT2D eigenvalue weighted by atomic mass is 35.5. The van der Waals surface area contributed by atoms with Gasteiger partial charge in [0.1, 0.15) is 0 Å². The smallest absolute Gasteiger partial charge is 0.0799 e. The van der Waals surface area contributed by atoms with E-state index in [-0.39, 0.29) is 0 Å². The van der Waals surface area contributed by atoms with Crippen molar-refractivity contribution in [3.05, 3.63) is 58.1 Å². The van der Waals surface area contributed by atoms with Crippen LogP contribution in [0.15, 0.2) is 41.9 Å². The molecule has 0 amide bonds. The number of hydrogen-bond acceptors (Lipinski definition) is 3. The molecule has 5 heteroatoms. The maximum absolute atomic E-state index is 6.23. The molecule has 3 rings (SSSR count). The average Bonchev–Trinajstić information content (AvgIpc) is 3.08. The number of aryl methyl sites for hydroxylation is 1. The number of H-pyrrole nitrogens is 1. The van der Waals surface area contributed by atoms with E-state index >= 15 is 0 Å². The second-order valence-corrected chi connectivity index (χ2v) is 5.89. The minimum Gasteiger partial charge on any atom is -0.379 e. The fraction of sp³-hybridized carbons (Fsp3) is 0.133. The molecule has 102 valence electrons. The van der Waals surface area contributed by atoms with Gasteiger partial charge in [-0.1, -0.05) is 29.8 Å². The van der Waals surface area contributed by atoms with E-state index in [0.717, 1.165) is 27.5 Å². The highest BCUT2D eigenvalue weighted by Crippen LogP contribution is 2.29. The Bertz CT molecular complexity index is 683. The number of aromatic amines is 1. The summed E-state index contributed by atoms with van der Waals surface area (Å²) in [5, 5.41) is 13.4. The Kier molecular flexibility index (Phi) is 3.76. The second-order valence-electron chi connectivity index (χ2n) is 4.53. The number of rotatable bonds is 4. The van der Waals surface area contributed by atoms with Crippen LogP contribution >= 0.6 is 22.9 Å². The molecule has 0 radical (unpaired) electrons. The first-order chi connectivity index (χ1) is 9.75. The summed E-state index contributed by atoms with van der Waals surface area (Å²) in [5.41, 5.74) is 4.31. The molecular formula is C15H14ClN3S. The molecule has 0 aliphatic rings. The van der Waals surface area contributed by atoms with Gasteiger partial charge in [-0.05, 0) is 30.0 Å². The minimum absolute atomic E-state index is 0.689. The number of aromatic nitrogens is 2. The maximum atomic E-state index is 6.23. The first-order valence-corrected chi connectivity index (χ1v) is 7.56. The second kappa shape index (κ2) is 5.69. The molecule has 2 N–H and O–H groups in total. The van der Waals surface area contributed by atoms with Gasteiger partial charge in [0.05, 0.1) is 27.5 Å². The molecular weight excluding hydrogens is 290 g/mol. The Morgan fingerprint density at radius 2 is 2.20 bits per heavy atom. The first-order valence-electron chi connectivity index (χ1n) is 6.31. The third-order valence-electron chi connectivity index (χ3n) is 3.16. The molecule has 2 aromatic heterocycles. The zero-order valence-corrected chi connectivity index (χ0v) is 12.6. The van der Waals surface area contributed by atoms with E-state index in [2.05, 4.69) is 27.0 Å². The number of anilines is 1. The lowest BCUT2D eigenvalue weighted by Gasteiger charge is -2.11. The molecule has 2 heterocycles. The summed E-state index contributed by atoms with van der Waals surface area (Å²) in [5.74, 6) is 0. The summed E-state index contributed by atoms with van der Waals surface area (Å²) < 4.78 is 0. The van der Waals surface area contributed by atoms with Crippen LogP contribution in [0.5, 0.6) is 0 Å². The van der Waals surface area contributed by atoms with E-state index in [0.29, 0.717) is 6.54 Å². The van der Waals surface area contributed by atoms with Crippen LogP contribution in [0.3, 0.4) is 0 Å². The molecule has 0 atom stereocenters. The van der Waals surface area contributed by atoms with Crippen molar-refractivity contribution in [2.75, 3.05) is 5.32 Å². The molecule has 3 aromatic rings. The third-order valence-corrected chi connectivity index (χ3v) is 4.37. The fourth-order valence-corrected chi connectivity index (χ4v) is 3.16. The Morgan fingerprint density at radius 1 is 1.30 bits per heavy atom. The van der Waals surface area contributed by atoms with Gasteiger partial charge in [0.15, 0.2) is 0 Å². The van der Waals surface area contributed by atoms with E-state index in [9.17, 15) is 0 Å². The van der Waals surface area contributed by atoms with Gasteiger partial charge < -0.3 is 5.32 Å². The number of thiophene rings is 1. The van der Waals surface area contributed by atoms with Crippen molar-refractivity contribution in [1.82, 2.24) is 10.2 Å². The Balaban J connectivity index is 1.82. The molecule has 0 aliphatic heterocycles. The summed E-state index contributed by atoms with van der Waals surface area (Å²) in [7, 11) is 0. The summed E-state index contributed by atoms with van der Waals surface area (Å²) in [6, 6.07) is 10.0. The number of para-hydroxylation sites is 1. The fourth-order valence-electron chi connectivity index (χ4n) is 2.12. The normalized spacial score (nSPS) is 10.7. The van der Waals surface area contributed by atoms with Crippen LogP contribution in [0.25, 0.3) is 10.6 Å². The zero-order valence-electron chi connectivity index (χ0n) is 11.0. The lowest BCUT2D eigenvalue weighted by molar-refractivity contribution is 1.10. The van der Waals surface area contributed by atoms with Gasteiger partial charge in [-0.3, -0.25) is 5.10 Å². The van der Waals surface area contributed by atoms with Crippen molar-refractivity contribution < 1.29 is 0 Å². The van der Waals surface area contributed by atoms with Crippen LogP contribution in [0.2, 0.25) is 5.02 Å². The Labute approximate surface area is 126 Å². The summed E-state index contributed by atoms with van der Waals surface area (Å²) in [6.07, 6.45) is 1.86. The monoisotopic (exact) mass is 303 g/mol. The highest BCUT2D eigenvalue weighted by molar-refractivity contribution is 7.13. The van der Waals surface area contributed by atoms with E-state index < -0.39 is 0 Å². The molecule has 1 aromatic carbocycles. The number of halogens is 1. The molecule has 0 bridgehead atoms. The van der Waals surface area contributed by atoms with Crippen molar-refractivity contribution in [2.24, 2.45) is 0 Å². The largest absolute Gasteiger partial charge is 0.379 e. The first kappa shape index (κ1) is 13.2. The lowest BCUT2D eigenvalue weighted by Crippen LogP contribution is -2.02. The highest BCUT2D eigenvalue weighted by Gasteiger charge is 2.10. The Morgan fingerprint density at radius 3 is 2.95 bits per heavy atom. The van der Waals surface area contributed by atoms with Crippen LogP contribution in [0, 0.1) is 6.92 Å². The molecule has 20 heavy (non-hydrogen) atoms. The number of hydrogen-bond donors (Lipinski definition) is 2. The average molecular weight is 304 g/mol. The summed E-state index contributed by atoms with van der Waals surface area (Å²) in [6.45, 7) is 2.73. The SMILES string of the molecule is Cc1cccc(Cl)c1NCc1cn[nH]c1-c1cccs1. The number of benzene rings is 1. The lowest BCUT2D eigenvalue weighted by atomic mass is 10.1. The van der Waals surface area contributed by atoms with Gasteiger partial charge in [0, 0.05) is 12.1 Å². The van der Waals surface area contributed by atoms with Crippen LogP contribution in [-0.4, -0.2) is 10.2 Å². The molecule has 0 aliphatic carbocycles. The van der Waals surface area contributed by atoms with Gasteiger partial charge in [-0.25, -0.2) is 0 Å². The van der Waals surface area contributed by atoms with Crippen molar-refractivity contribution in [3.8, 4) is 10.6 Å². The summed E-state index contributed by atoms with van der Waals surface area (Å²) in [4.78, 5) is 1.19. The van der Waals surface area contributed by atoms with E-state index in [1.165, 1.54) is 4.88 Å². The predicted octanol–water partition coefficient (Wildman–Crippen LogP) is 4.71. The maximum Gasteiger partial charge on any atom is 0.0799 e. The third kappa shape index (κ3) is 2.57. The summed E-state index contributed by atoms with van der Waals surface area (Å²) >= 11 is 7.92.